The van der Waals surface area contributed by atoms with E-state index in [2.05, 4.69) is 20.3 Å². The summed E-state index contributed by atoms with van der Waals surface area (Å²) in [6.45, 7) is 0.757. The fraction of sp³-hybridized carbons (Fsp3) is 0.154. The summed E-state index contributed by atoms with van der Waals surface area (Å²) in [4.78, 5) is 11.8. The van der Waals surface area contributed by atoms with Gasteiger partial charge >= 0.3 is 0 Å². The number of fused-ring (bicyclic) bond motifs is 1. The van der Waals surface area contributed by atoms with Crippen LogP contribution in [0.5, 0.6) is 0 Å². The Balaban J connectivity index is 1.95. The van der Waals surface area contributed by atoms with E-state index in [1.54, 1.807) is 0 Å². The molecule has 0 fully saturated rings. The number of hydrogen-bond donors (Lipinski definition) is 1. The minimum atomic E-state index is -3.09. The minimum absolute atomic E-state index is 0.186. The predicted molar refractivity (Wildman–Crippen MR) is 79.5 cm³/mol. The van der Waals surface area contributed by atoms with Crippen molar-refractivity contribution >= 4 is 44.1 Å². The van der Waals surface area contributed by atoms with Crippen LogP contribution >= 0.6 is 22.9 Å². The molecule has 3 rings (SSSR count). The summed E-state index contributed by atoms with van der Waals surface area (Å²) in [5.74, 6) is -2.90. The number of hydrogen-bond acceptors (Lipinski definition) is 5. The van der Waals surface area contributed by atoms with Gasteiger partial charge in [-0.05, 0) is 23.7 Å². The lowest BCUT2D eigenvalue weighted by Gasteiger charge is -2.11. The number of anilines is 2. The Morgan fingerprint density at radius 1 is 1.19 bits per heavy atom. The van der Waals surface area contributed by atoms with Crippen molar-refractivity contribution in [2.75, 3.05) is 5.32 Å². The van der Waals surface area contributed by atoms with E-state index in [-0.39, 0.29) is 11.1 Å². The van der Waals surface area contributed by atoms with Crippen molar-refractivity contribution in [1.82, 2.24) is 15.0 Å². The van der Waals surface area contributed by atoms with Gasteiger partial charge in [-0.3, -0.25) is 0 Å². The maximum absolute atomic E-state index is 13.3. The molecule has 0 saturated carbocycles. The van der Waals surface area contributed by atoms with E-state index < -0.39 is 11.6 Å². The number of benzene rings is 1. The highest BCUT2D eigenvalue weighted by atomic mass is 35.5. The van der Waals surface area contributed by atoms with Crippen LogP contribution in [0.1, 0.15) is 12.6 Å². The quantitative estimate of drug-likeness (QED) is 0.715. The average molecular weight is 327 g/mol. The van der Waals surface area contributed by atoms with Crippen molar-refractivity contribution in [2.45, 2.75) is 12.8 Å². The van der Waals surface area contributed by atoms with Gasteiger partial charge in [-0.2, -0.15) is 8.78 Å². The Morgan fingerprint density at radius 3 is 2.67 bits per heavy atom. The second-order valence-electron chi connectivity index (χ2n) is 4.41. The van der Waals surface area contributed by atoms with Crippen LogP contribution in [0, 0.1) is 0 Å². The zero-order valence-corrected chi connectivity index (χ0v) is 12.3. The normalized spacial score (nSPS) is 11.8. The fourth-order valence-corrected chi connectivity index (χ4v) is 2.80. The molecule has 0 amide bonds. The minimum Gasteiger partial charge on any atom is -0.316 e. The van der Waals surface area contributed by atoms with Crippen molar-refractivity contribution in [3.63, 3.8) is 0 Å². The topological polar surface area (TPSA) is 50.7 Å². The predicted octanol–water partition coefficient (Wildman–Crippen LogP) is 4.60. The lowest BCUT2D eigenvalue weighted by atomic mass is 10.2. The van der Waals surface area contributed by atoms with Gasteiger partial charge in [0.25, 0.3) is 5.92 Å². The monoisotopic (exact) mass is 326 g/mol. The summed E-state index contributed by atoms with van der Waals surface area (Å²) in [6.07, 6.45) is 0. The number of nitrogens with zero attached hydrogens (tertiary/aromatic N) is 3. The van der Waals surface area contributed by atoms with Gasteiger partial charge < -0.3 is 5.32 Å². The van der Waals surface area contributed by atoms with Gasteiger partial charge in [0.15, 0.2) is 5.13 Å². The van der Waals surface area contributed by atoms with Gasteiger partial charge in [0.05, 0.1) is 10.2 Å². The van der Waals surface area contributed by atoms with Crippen LogP contribution in [-0.2, 0) is 5.92 Å². The van der Waals surface area contributed by atoms with Gasteiger partial charge in [-0.25, -0.2) is 15.0 Å². The van der Waals surface area contributed by atoms with Crippen LogP contribution in [-0.4, -0.2) is 15.0 Å². The molecule has 0 aliphatic heterocycles. The summed E-state index contributed by atoms with van der Waals surface area (Å²) in [6, 6.07) is 8.75. The van der Waals surface area contributed by atoms with Gasteiger partial charge in [-0.1, -0.05) is 23.5 Å². The van der Waals surface area contributed by atoms with Gasteiger partial charge in [0, 0.05) is 13.0 Å². The number of alkyl halides is 2. The van der Waals surface area contributed by atoms with E-state index in [4.69, 9.17) is 11.6 Å². The SMILES string of the molecule is CC(F)(F)c1cc(Nc2nc3ccccc3s2)nc(Cl)n1. The molecule has 0 unspecified atom stereocenters. The molecule has 0 aliphatic rings. The second-order valence-corrected chi connectivity index (χ2v) is 5.78. The van der Waals surface area contributed by atoms with E-state index in [0.717, 1.165) is 23.2 Å². The van der Waals surface area contributed by atoms with Crippen LogP contribution in [0.15, 0.2) is 30.3 Å². The molecule has 0 saturated heterocycles. The molecule has 108 valence electrons. The van der Waals surface area contributed by atoms with Gasteiger partial charge in [-0.15, -0.1) is 0 Å². The van der Waals surface area contributed by atoms with Crippen LogP contribution in [0.3, 0.4) is 0 Å². The third kappa shape index (κ3) is 3.08. The van der Waals surface area contributed by atoms with E-state index in [9.17, 15) is 8.78 Å². The van der Waals surface area contributed by atoms with Crippen LogP contribution in [0.2, 0.25) is 5.28 Å². The molecule has 8 heteroatoms. The standard InChI is InChI=1S/C13H9ClF2N4S/c1-13(15,16)9-6-10(19-11(14)18-9)20-12-17-7-4-2-3-5-8(7)21-12/h2-6H,1H3,(H,17,18,19,20). The van der Waals surface area contributed by atoms with Gasteiger partial charge in [0.2, 0.25) is 5.28 Å². The summed E-state index contributed by atoms with van der Waals surface area (Å²) in [5.41, 5.74) is 0.386. The van der Waals surface area contributed by atoms with Crippen molar-refractivity contribution in [2.24, 2.45) is 0 Å². The highest BCUT2D eigenvalue weighted by Crippen LogP contribution is 2.31. The molecule has 0 radical (unpaired) electrons. The Morgan fingerprint density at radius 2 is 1.95 bits per heavy atom. The molecule has 0 spiro atoms. The Kier molecular flexibility index (Phi) is 3.46. The number of aromatic nitrogens is 3. The zero-order chi connectivity index (χ0) is 15.0. The summed E-state index contributed by atoms with van der Waals surface area (Å²) < 4.78 is 27.6. The third-order valence-electron chi connectivity index (χ3n) is 2.68. The van der Waals surface area contributed by atoms with E-state index >= 15 is 0 Å². The Labute approximate surface area is 127 Å². The van der Waals surface area contributed by atoms with Crippen LogP contribution in [0.25, 0.3) is 10.2 Å². The van der Waals surface area contributed by atoms with Crippen molar-refractivity contribution in [3.8, 4) is 0 Å². The third-order valence-corrected chi connectivity index (χ3v) is 3.80. The maximum Gasteiger partial charge on any atom is 0.287 e. The number of nitrogens with one attached hydrogen (secondary N) is 1. The van der Waals surface area contributed by atoms with E-state index in [0.29, 0.717) is 5.13 Å². The van der Waals surface area contributed by atoms with Crippen molar-refractivity contribution in [3.05, 3.63) is 41.3 Å². The summed E-state index contributed by atoms with van der Waals surface area (Å²) in [7, 11) is 0. The molecular weight excluding hydrogens is 318 g/mol. The zero-order valence-electron chi connectivity index (χ0n) is 10.8. The number of halogens is 3. The smallest absolute Gasteiger partial charge is 0.287 e. The molecule has 2 heterocycles. The molecular formula is C13H9ClF2N4S. The average Bonchev–Trinajstić information content (AvgIpc) is 2.79. The highest BCUT2D eigenvalue weighted by molar-refractivity contribution is 7.22. The lowest BCUT2D eigenvalue weighted by Crippen LogP contribution is -2.11. The maximum atomic E-state index is 13.3. The molecule has 21 heavy (non-hydrogen) atoms. The molecule has 3 aromatic rings. The first-order chi connectivity index (χ1) is 9.91. The molecule has 0 aliphatic carbocycles. The number of thiazole rings is 1. The molecule has 0 atom stereocenters. The molecule has 0 bridgehead atoms. The molecule has 4 nitrogen and oxygen atoms in total. The summed E-state index contributed by atoms with van der Waals surface area (Å²) >= 11 is 7.09. The first-order valence-electron chi connectivity index (χ1n) is 5.97. The Hall–Kier alpha value is -1.86. The highest BCUT2D eigenvalue weighted by Gasteiger charge is 2.27. The van der Waals surface area contributed by atoms with Crippen molar-refractivity contribution in [1.29, 1.82) is 0 Å². The van der Waals surface area contributed by atoms with E-state index in [1.165, 1.54) is 11.3 Å². The number of para-hydroxylation sites is 1. The first-order valence-corrected chi connectivity index (χ1v) is 7.17. The lowest BCUT2D eigenvalue weighted by molar-refractivity contribution is 0.0127. The van der Waals surface area contributed by atoms with E-state index in [1.807, 2.05) is 24.3 Å². The molecule has 1 aromatic carbocycles. The summed E-state index contributed by atoms with van der Waals surface area (Å²) in [5, 5.41) is 3.20. The molecule has 1 N–H and O–H groups in total. The largest absolute Gasteiger partial charge is 0.316 e. The first kappa shape index (κ1) is 14.1. The Bertz CT molecular complexity index is 767. The van der Waals surface area contributed by atoms with Crippen molar-refractivity contribution < 1.29 is 8.78 Å². The van der Waals surface area contributed by atoms with Crippen LogP contribution < -0.4 is 5.32 Å². The van der Waals surface area contributed by atoms with Crippen LogP contribution in [0.4, 0.5) is 19.7 Å². The van der Waals surface area contributed by atoms with Gasteiger partial charge in [0.1, 0.15) is 11.5 Å². The molecule has 2 aromatic heterocycles. The fourth-order valence-electron chi connectivity index (χ4n) is 1.74. The number of rotatable bonds is 3. The second kappa shape index (κ2) is 5.16.